The fraction of sp³-hybridized carbons (Fsp3) is 0.526. The van der Waals surface area contributed by atoms with E-state index < -0.39 is 0 Å². The Balaban J connectivity index is 0.00000364. The fourth-order valence-corrected chi connectivity index (χ4v) is 2.22. The van der Waals surface area contributed by atoms with Crippen LogP contribution in [-0.4, -0.2) is 42.3 Å². The minimum atomic E-state index is 0. The topological polar surface area (TPSA) is 84.6 Å². The average Bonchev–Trinajstić information content (AvgIpc) is 3.11. The number of halogens is 1. The van der Waals surface area contributed by atoms with Crippen molar-refractivity contribution >= 4 is 29.9 Å². The lowest BCUT2D eigenvalue weighted by atomic mass is 10.2. The lowest BCUT2D eigenvalue weighted by Crippen LogP contribution is -2.38. The van der Waals surface area contributed by atoms with Gasteiger partial charge in [0.05, 0.1) is 19.8 Å². The van der Waals surface area contributed by atoms with Gasteiger partial charge in [-0.05, 0) is 12.5 Å². The molecule has 0 aliphatic rings. The molecule has 7 nitrogen and oxygen atoms in total. The zero-order valence-electron chi connectivity index (χ0n) is 16.3. The summed E-state index contributed by atoms with van der Waals surface area (Å²) in [6.07, 6.45) is 0.661. The van der Waals surface area contributed by atoms with E-state index in [1.165, 1.54) is 5.56 Å². The Morgan fingerprint density at radius 1 is 1.22 bits per heavy atom. The second-order valence-electron chi connectivity index (χ2n) is 6.18. The molecule has 27 heavy (non-hydrogen) atoms. The molecule has 2 N–H and O–H groups in total. The number of aliphatic imine (C=N–C) groups is 1. The van der Waals surface area contributed by atoms with Crippen LogP contribution in [0.1, 0.15) is 44.0 Å². The molecule has 8 heteroatoms. The molecular formula is C19H30IN5O2. The molecule has 150 valence electrons. The highest BCUT2D eigenvalue weighted by atomic mass is 127. The number of guanidine groups is 1. The van der Waals surface area contributed by atoms with Gasteiger partial charge in [-0.15, -0.1) is 24.0 Å². The van der Waals surface area contributed by atoms with Crippen LogP contribution < -0.4 is 10.6 Å². The number of hydrogen-bond donors (Lipinski definition) is 2. The number of benzene rings is 1. The molecule has 2 rings (SSSR count). The quantitative estimate of drug-likeness (QED) is 0.232. The number of aromatic nitrogens is 2. The van der Waals surface area contributed by atoms with Crippen molar-refractivity contribution in [2.45, 2.75) is 39.7 Å². The molecule has 0 aliphatic carbocycles. The summed E-state index contributed by atoms with van der Waals surface area (Å²) < 4.78 is 10.9. The van der Waals surface area contributed by atoms with Gasteiger partial charge in [-0.1, -0.05) is 49.3 Å². The summed E-state index contributed by atoms with van der Waals surface area (Å²) >= 11 is 0. The summed E-state index contributed by atoms with van der Waals surface area (Å²) in [7, 11) is 0. The van der Waals surface area contributed by atoms with Crippen molar-refractivity contribution < 1.29 is 9.26 Å². The van der Waals surface area contributed by atoms with Crippen LogP contribution >= 0.6 is 24.0 Å². The molecule has 0 radical (unpaired) electrons. The lowest BCUT2D eigenvalue weighted by molar-refractivity contribution is 0.128. The van der Waals surface area contributed by atoms with E-state index in [9.17, 15) is 0 Å². The molecule has 0 atom stereocenters. The van der Waals surface area contributed by atoms with Crippen LogP contribution in [0.15, 0.2) is 39.8 Å². The highest BCUT2D eigenvalue weighted by Gasteiger charge is 2.09. The van der Waals surface area contributed by atoms with E-state index in [0.29, 0.717) is 38.6 Å². The maximum Gasteiger partial charge on any atom is 0.228 e. The van der Waals surface area contributed by atoms with Gasteiger partial charge in [-0.2, -0.15) is 4.98 Å². The highest BCUT2D eigenvalue weighted by molar-refractivity contribution is 14.0. The molecule has 0 spiro atoms. The zero-order chi connectivity index (χ0) is 18.6. The molecule has 1 aromatic carbocycles. The normalized spacial score (nSPS) is 11.3. The first-order valence-electron chi connectivity index (χ1n) is 9.15. The zero-order valence-corrected chi connectivity index (χ0v) is 18.6. The van der Waals surface area contributed by atoms with Crippen LogP contribution in [0.5, 0.6) is 0 Å². The second kappa shape index (κ2) is 13.5. The third kappa shape index (κ3) is 9.18. The summed E-state index contributed by atoms with van der Waals surface area (Å²) in [5, 5.41) is 10.5. The van der Waals surface area contributed by atoms with Crippen molar-refractivity contribution in [1.82, 2.24) is 20.8 Å². The molecular weight excluding hydrogens is 457 g/mol. The third-order valence-electron chi connectivity index (χ3n) is 3.59. The summed E-state index contributed by atoms with van der Waals surface area (Å²) in [6.45, 7) is 9.38. The van der Waals surface area contributed by atoms with E-state index in [1.54, 1.807) is 0 Å². The van der Waals surface area contributed by atoms with Crippen molar-refractivity contribution in [3.8, 4) is 0 Å². The molecule has 0 saturated heterocycles. The van der Waals surface area contributed by atoms with Gasteiger partial charge in [-0.25, -0.2) is 0 Å². The molecule has 2 aromatic rings. The Hall–Kier alpha value is -1.68. The Morgan fingerprint density at radius 2 is 2.00 bits per heavy atom. The Bertz CT molecular complexity index is 661. The first-order chi connectivity index (χ1) is 12.7. The van der Waals surface area contributed by atoms with E-state index in [4.69, 9.17) is 9.26 Å². The van der Waals surface area contributed by atoms with Gasteiger partial charge in [-0.3, -0.25) is 4.99 Å². The van der Waals surface area contributed by atoms with E-state index in [2.05, 4.69) is 37.9 Å². The summed E-state index contributed by atoms with van der Waals surface area (Å²) in [4.78, 5) is 8.88. The van der Waals surface area contributed by atoms with Gasteiger partial charge in [0.15, 0.2) is 11.8 Å². The van der Waals surface area contributed by atoms with Crippen LogP contribution in [0.4, 0.5) is 0 Å². The molecule has 0 amide bonds. The summed E-state index contributed by atoms with van der Waals surface area (Å²) in [5.74, 6) is 2.43. The third-order valence-corrected chi connectivity index (χ3v) is 3.59. The van der Waals surface area contributed by atoms with Gasteiger partial charge < -0.3 is 19.9 Å². The molecule has 0 fully saturated rings. The second-order valence-corrected chi connectivity index (χ2v) is 6.18. The van der Waals surface area contributed by atoms with Crippen molar-refractivity contribution in [3.05, 3.63) is 47.6 Å². The molecule has 1 heterocycles. The number of hydrogen-bond acceptors (Lipinski definition) is 5. The van der Waals surface area contributed by atoms with Gasteiger partial charge in [0.2, 0.25) is 5.89 Å². The summed E-state index contributed by atoms with van der Waals surface area (Å²) in [6, 6.07) is 10.1. The first kappa shape index (κ1) is 23.4. The van der Waals surface area contributed by atoms with E-state index >= 15 is 0 Å². The van der Waals surface area contributed by atoms with Crippen molar-refractivity contribution in [2.75, 3.05) is 26.2 Å². The minimum Gasteiger partial charge on any atom is -0.375 e. The van der Waals surface area contributed by atoms with Crippen LogP contribution in [0.3, 0.4) is 0 Å². The predicted octanol–water partition coefficient (Wildman–Crippen LogP) is 3.13. The SMILES string of the molecule is CCNC(=NCCOCc1ccccc1)NCCc1nc(C(C)C)no1.I. The van der Waals surface area contributed by atoms with Gasteiger partial charge in [0.25, 0.3) is 0 Å². The first-order valence-corrected chi connectivity index (χ1v) is 9.15. The number of rotatable bonds is 10. The molecule has 0 saturated carbocycles. The van der Waals surface area contributed by atoms with Crippen LogP contribution in [0.25, 0.3) is 0 Å². The van der Waals surface area contributed by atoms with Crippen LogP contribution in [0, 0.1) is 0 Å². The maximum atomic E-state index is 5.65. The van der Waals surface area contributed by atoms with Gasteiger partial charge in [0.1, 0.15) is 0 Å². The molecule has 1 aromatic heterocycles. The average molecular weight is 487 g/mol. The van der Waals surface area contributed by atoms with E-state index in [1.807, 2.05) is 39.0 Å². The van der Waals surface area contributed by atoms with Crippen LogP contribution in [-0.2, 0) is 17.8 Å². The van der Waals surface area contributed by atoms with E-state index in [0.717, 1.165) is 18.3 Å². The predicted molar refractivity (Wildman–Crippen MR) is 118 cm³/mol. The number of nitrogens with zero attached hydrogens (tertiary/aromatic N) is 3. The monoisotopic (exact) mass is 487 g/mol. The smallest absolute Gasteiger partial charge is 0.228 e. The lowest BCUT2D eigenvalue weighted by Gasteiger charge is -2.10. The Kier molecular flexibility index (Phi) is 11.7. The van der Waals surface area contributed by atoms with Crippen LogP contribution in [0.2, 0.25) is 0 Å². The largest absolute Gasteiger partial charge is 0.375 e. The van der Waals surface area contributed by atoms with Crippen molar-refractivity contribution in [1.29, 1.82) is 0 Å². The van der Waals surface area contributed by atoms with Crippen molar-refractivity contribution in [3.63, 3.8) is 0 Å². The fourth-order valence-electron chi connectivity index (χ4n) is 2.22. The number of ether oxygens (including phenoxy) is 1. The molecule has 0 bridgehead atoms. The van der Waals surface area contributed by atoms with Gasteiger partial charge >= 0.3 is 0 Å². The standard InChI is InChI=1S/C19H29N5O2.HI/c1-4-20-19(21-11-10-17-23-18(15(2)3)24-26-17)22-12-13-25-14-16-8-6-5-7-9-16;/h5-9,15H,4,10-14H2,1-3H3,(H2,20,21,22);1H. The molecule has 0 unspecified atom stereocenters. The highest BCUT2D eigenvalue weighted by Crippen LogP contribution is 2.09. The number of nitrogens with one attached hydrogen (secondary N) is 2. The minimum absolute atomic E-state index is 0. The summed E-state index contributed by atoms with van der Waals surface area (Å²) in [5.41, 5.74) is 1.17. The Morgan fingerprint density at radius 3 is 2.67 bits per heavy atom. The molecule has 0 aliphatic heterocycles. The van der Waals surface area contributed by atoms with E-state index in [-0.39, 0.29) is 29.9 Å². The Labute approximate surface area is 178 Å². The van der Waals surface area contributed by atoms with Gasteiger partial charge in [0, 0.05) is 25.4 Å². The van der Waals surface area contributed by atoms with Crippen molar-refractivity contribution in [2.24, 2.45) is 4.99 Å². The maximum absolute atomic E-state index is 5.65.